The maximum absolute atomic E-state index is 8.56. The van der Waals surface area contributed by atoms with E-state index >= 15 is 0 Å². The summed E-state index contributed by atoms with van der Waals surface area (Å²) >= 11 is -3.94. The zero-order chi connectivity index (χ0) is 8.69. The standard InChI is InChI=1S/C6H7N.2H2O.3O.V/c7-6-4-2-1-3-5-6;;;;;;/h1-5H,7H2;2*1H2;;;;/q;;;;;-1;/p+1. The van der Waals surface area contributed by atoms with Crippen LogP contribution in [0.3, 0.4) is 0 Å². The van der Waals surface area contributed by atoms with Crippen LogP contribution in [0.2, 0.25) is 0 Å². The number of quaternary nitrogens is 1. The maximum atomic E-state index is 8.56. The first-order valence-electron chi connectivity index (χ1n) is 2.81. The van der Waals surface area contributed by atoms with Gasteiger partial charge in [-0.3, -0.25) is 0 Å². The van der Waals surface area contributed by atoms with Gasteiger partial charge in [-0.1, -0.05) is 18.2 Å². The molecule has 0 unspecified atom stereocenters. The summed E-state index contributed by atoms with van der Waals surface area (Å²) in [6.45, 7) is 0. The topological polar surface area (TPSA) is 148 Å². The Morgan fingerprint density at radius 1 is 1.08 bits per heavy atom. The SMILES string of the molecule is O.O.[NH3+]c1ccccc1.[O]=[V](=[O])[O-]. The van der Waals surface area contributed by atoms with Gasteiger partial charge in [0.25, 0.3) is 0 Å². The molecule has 76 valence electrons. The van der Waals surface area contributed by atoms with Gasteiger partial charge < -0.3 is 16.7 Å². The van der Waals surface area contributed by atoms with Crippen molar-refractivity contribution in [1.82, 2.24) is 0 Å². The molecule has 0 amide bonds. The quantitative estimate of drug-likeness (QED) is 0.523. The minimum atomic E-state index is -3.94. The summed E-state index contributed by atoms with van der Waals surface area (Å²) in [7, 11) is 0. The Morgan fingerprint density at radius 3 is 1.54 bits per heavy atom. The summed E-state index contributed by atoms with van der Waals surface area (Å²) < 4.78 is 25.7. The normalized spacial score (nSPS) is 6.62. The Balaban J connectivity index is -0.000000150. The molecule has 0 radical (unpaired) electrons. The van der Waals surface area contributed by atoms with E-state index in [1.54, 1.807) is 0 Å². The summed E-state index contributed by atoms with van der Waals surface area (Å²) in [4.78, 5) is 0. The second-order valence-electron chi connectivity index (χ2n) is 1.71. The summed E-state index contributed by atoms with van der Waals surface area (Å²) in [5.74, 6) is 0. The number of hydrogen-bond acceptors (Lipinski definition) is 3. The molecule has 0 aromatic heterocycles. The van der Waals surface area contributed by atoms with Gasteiger partial charge in [0.1, 0.15) is 5.69 Å². The molecule has 6 nitrogen and oxygen atoms in total. The van der Waals surface area contributed by atoms with Crippen molar-refractivity contribution in [2.45, 2.75) is 0 Å². The summed E-state index contributed by atoms with van der Waals surface area (Å²) in [5, 5.41) is 0. The van der Waals surface area contributed by atoms with Crippen LogP contribution in [-0.4, -0.2) is 11.0 Å². The van der Waals surface area contributed by atoms with Crippen LogP contribution in [0.15, 0.2) is 30.3 Å². The van der Waals surface area contributed by atoms with Crippen molar-refractivity contribution in [3.05, 3.63) is 30.3 Å². The molecular weight excluding hydrogens is 217 g/mol. The van der Waals surface area contributed by atoms with Crippen molar-refractivity contribution >= 4 is 5.69 Å². The molecule has 1 aromatic rings. The van der Waals surface area contributed by atoms with Gasteiger partial charge in [-0.05, 0) is 12.1 Å². The fourth-order valence-corrected chi connectivity index (χ4v) is 0.478. The molecule has 13 heavy (non-hydrogen) atoms. The minimum absolute atomic E-state index is 0. The van der Waals surface area contributed by atoms with Crippen molar-refractivity contribution in [2.75, 3.05) is 0 Å². The first-order valence-corrected chi connectivity index (χ1v) is 4.52. The number of benzene rings is 1. The van der Waals surface area contributed by atoms with Crippen LogP contribution in [0, 0.1) is 0 Å². The van der Waals surface area contributed by atoms with Gasteiger partial charge >= 0.3 is 26.8 Å². The first kappa shape index (κ1) is 18.1. The van der Waals surface area contributed by atoms with Crippen molar-refractivity contribution in [1.29, 1.82) is 0 Å². The van der Waals surface area contributed by atoms with E-state index in [2.05, 4.69) is 5.73 Å². The second kappa shape index (κ2) is 11.2. The van der Waals surface area contributed by atoms with Gasteiger partial charge in [0.15, 0.2) is 0 Å². The van der Waals surface area contributed by atoms with E-state index in [1.807, 2.05) is 30.3 Å². The molecule has 0 spiro atoms. The molecule has 1 rings (SSSR count). The molecule has 0 bridgehead atoms. The molecule has 0 aliphatic heterocycles. The van der Waals surface area contributed by atoms with Crippen LogP contribution < -0.4 is 9.77 Å². The van der Waals surface area contributed by atoms with E-state index in [0.717, 1.165) is 5.69 Å². The summed E-state index contributed by atoms with van der Waals surface area (Å²) in [5.41, 5.74) is 4.79. The molecule has 7 N–H and O–H groups in total. The Hall–Kier alpha value is -0.756. The molecule has 0 aliphatic rings. The van der Waals surface area contributed by atoms with Crippen LogP contribution in [0.1, 0.15) is 0 Å². The van der Waals surface area contributed by atoms with Gasteiger partial charge in [0, 0.05) is 0 Å². The number of hydrogen-bond donors (Lipinski definition) is 1. The van der Waals surface area contributed by atoms with E-state index in [4.69, 9.17) is 11.4 Å². The van der Waals surface area contributed by atoms with E-state index in [-0.39, 0.29) is 11.0 Å². The molecule has 0 atom stereocenters. The molecule has 0 fully saturated rings. The average molecular weight is 229 g/mol. The Labute approximate surface area is 80.0 Å². The fraction of sp³-hybridized carbons (Fsp3) is 0. The van der Waals surface area contributed by atoms with E-state index in [1.165, 1.54) is 0 Å². The molecule has 7 heteroatoms. The zero-order valence-electron chi connectivity index (χ0n) is 6.77. The molecule has 0 saturated heterocycles. The third-order valence-corrected chi connectivity index (χ3v) is 0.843. The predicted molar refractivity (Wildman–Crippen MR) is 37.6 cm³/mol. The predicted octanol–water partition coefficient (Wildman–Crippen LogP) is -2.52. The Morgan fingerprint density at radius 2 is 1.38 bits per heavy atom. The Kier molecular flexibility index (Phi) is 15.7. The second-order valence-corrected chi connectivity index (χ2v) is 2.41. The van der Waals surface area contributed by atoms with Crippen molar-refractivity contribution < 1.29 is 43.5 Å². The third-order valence-electron chi connectivity index (χ3n) is 0.843. The monoisotopic (exact) mass is 229 g/mol. The van der Waals surface area contributed by atoms with Crippen LogP contribution in [0.5, 0.6) is 0 Å². The molecule has 0 aliphatic carbocycles. The first-order chi connectivity index (χ1) is 5.13. The van der Waals surface area contributed by atoms with Gasteiger partial charge in [-0.2, -0.15) is 0 Å². The van der Waals surface area contributed by atoms with Crippen molar-refractivity contribution in [2.24, 2.45) is 0 Å². The fourth-order valence-electron chi connectivity index (χ4n) is 0.478. The van der Waals surface area contributed by atoms with Crippen molar-refractivity contribution in [3.63, 3.8) is 0 Å². The summed E-state index contributed by atoms with van der Waals surface area (Å²) in [6, 6.07) is 9.87. The van der Waals surface area contributed by atoms with Gasteiger partial charge in [-0.15, -0.1) is 0 Å². The van der Waals surface area contributed by atoms with Gasteiger partial charge in [0.2, 0.25) is 0 Å². The van der Waals surface area contributed by atoms with Gasteiger partial charge in [-0.25, -0.2) is 0 Å². The molecule has 0 heterocycles. The molecular formula is C6H12NO5V. The van der Waals surface area contributed by atoms with Crippen LogP contribution in [0.4, 0.5) is 5.69 Å². The van der Waals surface area contributed by atoms with Crippen molar-refractivity contribution in [3.8, 4) is 0 Å². The average Bonchev–Trinajstić information content (AvgIpc) is 1.87. The van der Waals surface area contributed by atoms with E-state index in [0.29, 0.717) is 0 Å². The van der Waals surface area contributed by atoms with E-state index in [9.17, 15) is 0 Å². The van der Waals surface area contributed by atoms with Gasteiger partial charge in [0.05, 0.1) is 0 Å². The van der Waals surface area contributed by atoms with Crippen LogP contribution in [0.25, 0.3) is 0 Å². The molecule has 0 saturated carbocycles. The number of rotatable bonds is 0. The molecule has 1 aromatic carbocycles. The summed E-state index contributed by atoms with van der Waals surface area (Å²) in [6.07, 6.45) is 0. The van der Waals surface area contributed by atoms with Crippen LogP contribution >= 0.6 is 0 Å². The third kappa shape index (κ3) is 18.3. The van der Waals surface area contributed by atoms with E-state index < -0.39 is 15.4 Å². The van der Waals surface area contributed by atoms with Crippen LogP contribution in [-0.2, 0) is 22.7 Å². The zero-order valence-corrected chi connectivity index (χ0v) is 8.16. The Bertz CT molecular complexity index is 253.